The minimum atomic E-state index is -0.601. The average molecular weight is 420 g/mol. The number of ether oxygens (including phenoxy) is 3. The molecule has 1 amide bonds. The van der Waals surface area contributed by atoms with Gasteiger partial charge in [0.25, 0.3) is 5.91 Å². The van der Waals surface area contributed by atoms with Crippen molar-refractivity contribution in [2.24, 2.45) is 0 Å². The third-order valence-corrected chi connectivity index (χ3v) is 3.95. The van der Waals surface area contributed by atoms with E-state index in [0.29, 0.717) is 11.6 Å². The van der Waals surface area contributed by atoms with E-state index in [1.165, 1.54) is 18.2 Å². The fourth-order valence-electron chi connectivity index (χ4n) is 2.35. The first kappa shape index (κ1) is 22.2. The van der Waals surface area contributed by atoms with Gasteiger partial charge in [-0.3, -0.25) is 4.79 Å². The molecule has 0 atom stereocenters. The number of hydrogen-bond donors (Lipinski definition) is 1. The van der Waals surface area contributed by atoms with E-state index in [2.05, 4.69) is 5.32 Å². The number of esters is 2. The van der Waals surface area contributed by atoms with Crippen molar-refractivity contribution in [1.82, 2.24) is 5.32 Å². The van der Waals surface area contributed by atoms with Crippen LogP contribution in [0.4, 0.5) is 0 Å². The number of carbonyl (C=O) groups is 3. The molecule has 0 heterocycles. The Labute approximate surface area is 173 Å². The second kappa shape index (κ2) is 11.1. The van der Waals surface area contributed by atoms with Gasteiger partial charge in [-0.05, 0) is 49.7 Å². The van der Waals surface area contributed by atoms with E-state index >= 15 is 0 Å². The topological polar surface area (TPSA) is 90.9 Å². The zero-order valence-electron chi connectivity index (χ0n) is 16.2. The summed E-state index contributed by atoms with van der Waals surface area (Å²) in [4.78, 5) is 36.1. The molecule has 2 rings (SSSR count). The second-order valence-electron chi connectivity index (χ2n) is 5.88. The Morgan fingerprint density at radius 3 is 1.97 bits per heavy atom. The van der Waals surface area contributed by atoms with E-state index < -0.39 is 11.9 Å². The van der Waals surface area contributed by atoms with Gasteiger partial charge in [-0.25, -0.2) is 9.59 Å². The fraction of sp³-hybridized carbons (Fsp3) is 0.286. The smallest absolute Gasteiger partial charge is 0.338 e. The summed E-state index contributed by atoms with van der Waals surface area (Å²) in [5, 5.41) is 3.33. The molecular weight excluding hydrogens is 398 g/mol. The molecule has 0 aliphatic heterocycles. The predicted molar refractivity (Wildman–Crippen MR) is 107 cm³/mol. The number of benzene rings is 2. The quantitative estimate of drug-likeness (QED) is 0.626. The van der Waals surface area contributed by atoms with Gasteiger partial charge in [0.15, 0.2) is 6.61 Å². The summed E-state index contributed by atoms with van der Waals surface area (Å²) in [6.07, 6.45) is 0. The molecule has 154 valence electrons. The minimum absolute atomic E-state index is 0.133. The van der Waals surface area contributed by atoms with Crippen molar-refractivity contribution in [3.05, 3.63) is 64.2 Å². The third kappa shape index (κ3) is 7.12. The van der Waals surface area contributed by atoms with Crippen molar-refractivity contribution >= 4 is 29.4 Å². The lowest BCUT2D eigenvalue weighted by Crippen LogP contribution is -2.28. The molecule has 0 aliphatic carbocycles. The van der Waals surface area contributed by atoms with Crippen molar-refractivity contribution in [2.45, 2.75) is 20.4 Å². The zero-order valence-corrected chi connectivity index (χ0v) is 17.0. The van der Waals surface area contributed by atoms with E-state index in [-0.39, 0.29) is 42.6 Å². The highest BCUT2D eigenvalue weighted by molar-refractivity contribution is 6.30. The van der Waals surface area contributed by atoms with Gasteiger partial charge in [0.05, 0.1) is 24.3 Å². The van der Waals surface area contributed by atoms with Crippen molar-refractivity contribution in [1.29, 1.82) is 0 Å². The maximum absolute atomic E-state index is 12.1. The van der Waals surface area contributed by atoms with Crippen LogP contribution in [0, 0.1) is 0 Å². The number of hydrogen-bond acceptors (Lipinski definition) is 6. The predicted octanol–water partition coefficient (Wildman–Crippen LogP) is 3.39. The van der Waals surface area contributed by atoms with Gasteiger partial charge < -0.3 is 19.5 Å². The van der Waals surface area contributed by atoms with E-state index in [1.807, 2.05) is 0 Å². The van der Waals surface area contributed by atoms with E-state index in [9.17, 15) is 14.4 Å². The van der Waals surface area contributed by atoms with E-state index in [1.54, 1.807) is 38.1 Å². The van der Waals surface area contributed by atoms with Gasteiger partial charge in [-0.1, -0.05) is 23.7 Å². The van der Waals surface area contributed by atoms with E-state index in [0.717, 1.165) is 5.56 Å². The monoisotopic (exact) mass is 419 g/mol. The molecule has 0 spiro atoms. The molecule has 8 heteroatoms. The molecule has 0 bridgehead atoms. The Kier molecular flexibility index (Phi) is 8.48. The van der Waals surface area contributed by atoms with Gasteiger partial charge in [0, 0.05) is 11.6 Å². The molecule has 0 saturated heterocycles. The summed E-state index contributed by atoms with van der Waals surface area (Å²) in [5.74, 6) is -1.38. The molecular formula is C21H22ClNO6. The summed E-state index contributed by atoms with van der Waals surface area (Å²) in [7, 11) is 0. The summed E-state index contributed by atoms with van der Waals surface area (Å²) >= 11 is 5.83. The maximum Gasteiger partial charge on any atom is 0.338 e. The number of amides is 1. The Morgan fingerprint density at radius 2 is 1.45 bits per heavy atom. The van der Waals surface area contributed by atoms with Crippen molar-refractivity contribution in [3.63, 3.8) is 0 Å². The van der Waals surface area contributed by atoms with Crippen molar-refractivity contribution in [2.75, 3.05) is 19.8 Å². The van der Waals surface area contributed by atoms with Crippen molar-refractivity contribution in [3.8, 4) is 5.75 Å². The fourth-order valence-corrected chi connectivity index (χ4v) is 2.48. The molecule has 2 aromatic carbocycles. The van der Waals surface area contributed by atoms with Crippen LogP contribution in [0.2, 0.25) is 5.02 Å². The summed E-state index contributed by atoms with van der Waals surface area (Å²) in [6.45, 7) is 3.75. The van der Waals surface area contributed by atoms with Crippen LogP contribution in [0.5, 0.6) is 5.75 Å². The maximum atomic E-state index is 12.1. The van der Waals surface area contributed by atoms with Gasteiger partial charge >= 0.3 is 11.9 Å². The molecule has 0 aromatic heterocycles. The summed E-state index contributed by atoms with van der Waals surface area (Å²) < 4.78 is 15.4. The second-order valence-corrected chi connectivity index (χ2v) is 6.32. The number of halogens is 1. The standard InChI is InChI=1S/C21H22ClNO6/c1-3-27-20(25)15-9-16(21(26)28-4-2)11-18(10-15)29-13-19(24)23-12-14-5-7-17(22)8-6-14/h5-11H,3-4,12-13H2,1-2H3,(H,23,24). The Bertz CT molecular complexity index is 830. The Balaban J connectivity index is 2.03. The van der Waals surface area contributed by atoms with Crippen LogP contribution in [0.3, 0.4) is 0 Å². The molecule has 7 nitrogen and oxygen atoms in total. The molecule has 29 heavy (non-hydrogen) atoms. The molecule has 0 radical (unpaired) electrons. The van der Waals surface area contributed by atoms with Crippen LogP contribution in [0.25, 0.3) is 0 Å². The molecule has 1 N–H and O–H groups in total. The Morgan fingerprint density at radius 1 is 0.897 bits per heavy atom. The first-order valence-corrected chi connectivity index (χ1v) is 9.44. The first-order chi connectivity index (χ1) is 13.9. The normalized spacial score (nSPS) is 10.2. The van der Waals surface area contributed by atoms with Crippen LogP contribution < -0.4 is 10.1 Å². The van der Waals surface area contributed by atoms with Crippen LogP contribution in [0.1, 0.15) is 40.1 Å². The number of carbonyl (C=O) groups excluding carboxylic acids is 3. The lowest BCUT2D eigenvalue weighted by Gasteiger charge is -2.11. The lowest BCUT2D eigenvalue weighted by molar-refractivity contribution is -0.123. The molecule has 2 aromatic rings. The van der Waals surface area contributed by atoms with Gasteiger partial charge in [0.1, 0.15) is 5.75 Å². The van der Waals surface area contributed by atoms with Crippen LogP contribution in [-0.2, 0) is 20.8 Å². The highest BCUT2D eigenvalue weighted by Gasteiger charge is 2.16. The van der Waals surface area contributed by atoms with E-state index in [4.69, 9.17) is 25.8 Å². The molecule has 0 aliphatic rings. The van der Waals surface area contributed by atoms with Crippen molar-refractivity contribution < 1.29 is 28.6 Å². The third-order valence-electron chi connectivity index (χ3n) is 3.70. The Hall–Kier alpha value is -3.06. The highest BCUT2D eigenvalue weighted by Crippen LogP contribution is 2.19. The molecule has 0 fully saturated rings. The van der Waals surface area contributed by atoms with Gasteiger partial charge in [0.2, 0.25) is 0 Å². The van der Waals surface area contributed by atoms with Crippen LogP contribution >= 0.6 is 11.6 Å². The number of rotatable bonds is 9. The minimum Gasteiger partial charge on any atom is -0.484 e. The number of nitrogens with one attached hydrogen (secondary N) is 1. The first-order valence-electron chi connectivity index (χ1n) is 9.06. The SMILES string of the molecule is CCOC(=O)c1cc(OCC(=O)NCc2ccc(Cl)cc2)cc(C(=O)OCC)c1. The van der Waals surface area contributed by atoms with Gasteiger partial charge in [-0.15, -0.1) is 0 Å². The zero-order chi connectivity index (χ0) is 21.2. The summed E-state index contributed by atoms with van der Waals surface area (Å²) in [5.41, 5.74) is 1.15. The largest absolute Gasteiger partial charge is 0.484 e. The highest BCUT2D eigenvalue weighted by atomic mass is 35.5. The average Bonchev–Trinajstić information content (AvgIpc) is 2.72. The van der Waals surface area contributed by atoms with Gasteiger partial charge in [-0.2, -0.15) is 0 Å². The van der Waals surface area contributed by atoms with Crippen LogP contribution in [0.15, 0.2) is 42.5 Å². The molecule has 0 unspecified atom stereocenters. The van der Waals surface area contributed by atoms with Crippen LogP contribution in [-0.4, -0.2) is 37.7 Å². The molecule has 0 saturated carbocycles. The summed E-state index contributed by atoms with van der Waals surface area (Å²) in [6, 6.07) is 11.3. The lowest BCUT2D eigenvalue weighted by atomic mass is 10.1.